The molecule has 2 rings (SSSR count). The summed E-state index contributed by atoms with van der Waals surface area (Å²) in [4.78, 5) is 54.0. The first kappa shape index (κ1) is 42.1. The first-order valence-corrected chi connectivity index (χ1v) is 18.3. The topological polar surface area (TPSA) is 117 Å². The van der Waals surface area contributed by atoms with Crippen LogP contribution >= 0.6 is 0 Å². The van der Waals surface area contributed by atoms with Crippen LogP contribution in [-0.2, 0) is 31.9 Å². The van der Waals surface area contributed by atoms with Crippen molar-refractivity contribution >= 4 is 24.0 Å². The summed E-state index contributed by atoms with van der Waals surface area (Å²) in [5, 5.41) is 5.94. The minimum atomic E-state index is -0.600. The Morgan fingerprint density at radius 2 is 0.860 bits per heavy atom. The second-order valence-electron chi connectivity index (χ2n) is 14.7. The summed E-state index contributed by atoms with van der Waals surface area (Å²) < 4.78 is 11.3. The van der Waals surface area contributed by atoms with Crippen LogP contribution < -0.4 is 10.6 Å². The summed E-state index contributed by atoms with van der Waals surface area (Å²) in [7, 11) is 0. The van der Waals surface area contributed by atoms with Crippen molar-refractivity contribution in [2.45, 2.75) is 117 Å². The van der Waals surface area contributed by atoms with E-state index in [1.54, 1.807) is 9.80 Å². The van der Waals surface area contributed by atoms with Crippen molar-refractivity contribution < 1.29 is 28.7 Å². The van der Waals surface area contributed by atoms with Crippen LogP contribution in [-0.4, -0.2) is 84.3 Å². The number of amides is 4. The van der Waals surface area contributed by atoms with E-state index in [4.69, 9.17) is 9.47 Å². The summed E-state index contributed by atoms with van der Waals surface area (Å²) in [5.74, 6) is 0.00312. The molecule has 0 aliphatic rings. The van der Waals surface area contributed by atoms with Gasteiger partial charge in [-0.05, 0) is 91.2 Å². The van der Waals surface area contributed by atoms with E-state index in [0.717, 1.165) is 36.8 Å². The lowest BCUT2D eigenvalue weighted by molar-refractivity contribution is -0.121. The largest absolute Gasteiger partial charge is 0.444 e. The Kier molecular flexibility index (Phi) is 19.0. The molecule has 10 nitrogen and oxygen atoms in total. The number of unbranched alkanes of at least 4 members (excludes halogenated alkanes) is 3. The van der Waals surface area contributed by atoms with Crippen molar-refractivity contribution in [1.29, 1.82) is 0 Å². The summed E-state index contributed by atoms with van der Waals surface area (Å²) in [6.07, 6.45) is 6.17. The molecule has 2 aromatic carbocycles. The van der Waals surface area contributed by atoms with Crippen molar-refractivity contribution in [3.63, 3.8) is 0 Å². The molecule has 2 aromatic rings. The second-order valence-corrected chi connectivity index (χ2v) is 14.7. The molecule has 2 N–H and O–H groups in total. The molecule has 4 amide bonds. The summed E-state index contributed by atoms with van der Waals surface area (Å²) in [6.45, 7) is 14.2. The van der Waals surface area contributed by atoms with Crippen molar-refractivity contribution in [3.05, 3.63) is 71.8 Å². The number of aryl methyl sites for hydroxylation is 2. The number of hydrogen-bond acceptors (Lipinski definition) is 6. The Hall–Kier alpha value is -4.08. The van der Waals surface area contributed by atoms with E-state index in [1.807, 2.05) is 102 Å². The van der Waals surface area contributed by atoms with Gasteiger partial charge in [-0.2, -0.15) is 0 Å². The predicted molar refractivity (Wildman–Crippen MR) is 199 cm³/mol. The van der Waals surface area contributed by atoms with E-state index >= 15 is 0 Å². The van der Waals surface area contributed by atoms with Gasteiger partial charge in [-0.1, -0.05) is 73.5 Å². The molecule has 0 saturated heterocycles. The summed E-state index contributed by atoms with van der Waals surface area (Å²) in [6, 6.07) is 19.9. The van der Waals surface area contributed by atoms with Gasteiger partial charge in [0.15, 0.2) is 0 Å². The number of benzene rings is 2. The molecule has 0 heterocycles. The highest BCUT2D eigenvalue weighted by Gasteiger charge is 2.23. The van der Waals surface area contributed by atoms with Crippen LogP contribution in [0.25, 0.3) is 0 Å². The van der Waals surface area contributed by atoms with Gasteiger partial charge in [0.25, 0.3) is 0 Å². The highest BCUT2D eigenvalue weighted by Crippen LogP contribution is 2.14. The van der Waals surface area contributed by atoms with Crippen molar-refractivity contribution in [2.75, 3.05) is 39.3 Å². The fourth-order valence-corrected chi connectivity index (χ4v) is 5.18. The van der Waals surface area contributed by atoms with Gasteiger partial charge >= 0.3 is 12.2 Å². The van der Waals surface area contributed by atoms with Crippen LogP contribution in [0.15, 0.2) is 60.7 Å². The van der Waals surface area contributed by atoms with Gasteiger partial charge in [0, 0.05) is 52.1 Å². The third-order valence-corrected chi connectivity index (χ3v) is 7.73. The highest BCUT2D eigenvalue weighted by atomic mass is 16.6. The molecular weight excluding hydrogens is 632 g/mol. The number of nitrogens with one attached hydrogen (secondary N) is 2. The van der Waals surface area contributed by atoms with Crippen molar-refractivity contribution in [2.24, 2.45) is 0 Å². The number of rotatable bonds is 21. The van der Waals surface area contributed by atoms with Crippen molar-refractivity contribution in [3.8, 4) is 0 Å². The standard InChI is InChI=1S/C40H62N4O6/c1-39(2,3)49-37(47)43(31-17-27-41-35(45)25-23-33-19-11-9-12-20-33)29-15-7-8-16-30-44(38(48)50-40(4,5)6)32-18-28-42-36(46)26-24-34-21-13-10-14-22-34/h9-14,19-22H,7-8,15-18,23-32H2,1-6H3,(H,41,45)(H,42,46). The SMILES string of the molecule is CC(C)(C)OC(=O)N(CCCCCCN(CCCNC(=O)CCc1ccccc1)C(=O)OC(C)(C)C)CCCNC(=O)CCc1ccccc1. The van der Waals surface area contributed by atoms with Gasteiger partial charge in [-0.3, -0.25) is 9.59 Å². The lowest BCUT2D eigenvalue weighted by atomic mass is 10.1. The van der Waals surface area contributed by atoms with E-state index < -0.39 is 11.2 Å². The highest BCUT2D eigenvalue weighted by molar-refractivity contribution is 5.76. The normalized spacial score (nSPS) is 11.4. The second kappa shape index (κ2) is 22.6. The average molecular weight is 695 g/mol. The minimum Gasteiger partial charge on any atom is -0.444 e. The first-order valence-electron chi connectivity index (χ1n) is 18.3. The maximum absolute atomic E-state index is 12.9. The Morgan fingerprint density at radius 1 is 0.520 bits per heavy atom. The van der Waals surface area contributed by atoms with Crippen LogP contribution in [0.4, 0.5) is 9.59 Å². The molecule has 0 bridgehead atoms. The predicted octanol–water partition coefficient (Wildman–Crippen LogP) is 7.30. The number of ether oxygens (including phenoxy) is 2. The van der Waals surface area contributed by atoms with E-state index in [0.29, 0.717) is 77.8 Å². The van der Waals surface area contributed by atoms with Gasteiger partial charge in [-0.15, -0.1) is 0 Å². The third kappa shape index (κ3) is 20.4. The monoisotopic (exact) mass is 694 g/mol. The van der Waals surface area contributed by atoms with Crippen molar-refractivity contribution in [1.82, 2.24) is 20.4 Å². The van der Waals surface area contributed by atoms with Gasteiger partial charge in [0.2, 0.25) is 11.8 Å². The van der Waals surface area contributed by atoms with Crippen LogP contribution in [0.2, 0.25) is 0 Å². The van der Waals surface area contributed by atoms with Crippen LogP contribution in [0.1, 0.15) is 104 Å². The molecule has 0 saturated carbocycles. The van der Waals surface area contributed by atoms with E-state index in [-0.39, 0.29) is 24.0 Å². The quantitative estimate of drug-likeness (QED) is 0.133. The molecule has 0 aromatic heterocycles. The van der Waals surface area contributed by atoms with Gasteiger partial charge in [-0.25, -0.2) is 9.59 Å². The fourth-order valence-electron chi connectivity index (χ4n) is 5.18. The summed E-state index contributed by atoms with van der Waals surface area (Å²) >= 11 is 0. The molecule has 50 heavy (non-hydrogen) atoms. The number of carbonyl (C=O) groups is 4. The zero-order chi connectivity index (χ0) is 36.8. The minimum absolute atomic E-state index is 0.00156. The molecule has 0 aliphatic heterocycles. The van der Waals surface area contributed by atoms with E-state index in [9.17, 15) is 19.2 Å². The summed E-state index contributed by atoms with van der Waals surface area (Å²) in [5.41, 5.74) is 1.06. The number of hydrogen-bond donors (Lipinski definition) is 2. The maximum Gasteiger partial charge on any atom is 0.410 e. The lowest BCUT2D eigenvalue weighted by Gasteiger charge is -2.28. The lowest BCUT2D eigenvalue weighted by Crippen LogP contribution is -2.39. The number of carbonyl (C=O) groups excluding carboxylic acids is 4. The molecular formula is C40H62N4O6. The fraction of sp³-hybridized carbons (Fsp3) is 0.600. The Labute approximate surface area is 300 Å². The molecule has 0 spiro atoms. The van der Waals surface area contributed by atoms with Crippen LogP contribution in [0.5, 0.6) is 0 Å². The van der Waals surface area contributed by atoms with Gasteiger partial charge < -0.3 is 29.9 Å². The molecule has 0 fully saturated rings. The first-order chi connectivity index (χ1) is 23.7. The average Bonchev–Trinajstić information content (AvgIpc) is 3.05. The molecule has 0 radical (unpaired) electrons. The molecule has 0 unspecified atom stereocenters. The van der Waals surface area contributed by atoms with E-state index in [1.165, 1.54) is 0 Å². The van der Waals surface area contributed by atoms with Gasteiger partial charge in [0.1, 0.15) is 11.2 Å². The smallest absolute Gasteiger partial charge is 0.410 e. The Morgan fingerprint density at radius 3 is 1.20 bits per heavy atom. The third-order valence-electron chi connectivity index (χ3n) is 7.73. The van der Waals surface area contributed by atoms with Crippen LogP contribution in [0, 0.1) is 0 Å². The molecule has 10 heteroatoms. The molecule has 0 aliphatic carbocycles. The zero-order valence-electron chi connectivity index (χ0n) is 31.4. The Balaban J connectivity index is 1.74. The van der Waals surface area contributed by atoms with Gasteiger partial charge in [0.05, 0.1) is 0 Å². The number of nitrogens with zero attached hydrogens (tertiary/aromatic N) is 2. The molecule has 0 atom stereocenters. The van der Waals surface area contributed by atoms with Crippen LogP contribution in [0.3, 0.4) is 0 Å². The maximum atomic E-state index is 12.9. The van der Waals surface area contributed by atoms with E-state index in [2.05, 4.69) is 10.6 Å². The Bertz CT molecular complexity index is 1170. The molecule has 278 valence electrons. The zero-order valence-corrected chi connectivity index (χ0v) is 31.4.